The van der Waals surface area contributed by atoms with E-state index in [9.17, 15) is 4.39 Å². The van der Waals surface area contributed by atoms with Crippen LogP contribution >= 0.6 is 0 Å². The number of ether oxygens (including phenoxy) is 1. The molecule has 0 saturated heterocycles. The normalized spacial score (nSPS) is 23.0. The number of benzene rings is 1. The Balaban J connectivity index is 2.15. The van der Waals surface area contributed by atoms with Gasteiger partial charge in [0, 0.05) is 6.04 Å². The monoisotopic (exact) mass is 265 g/mol. The highest BCUT2D eigenvalue weighted by atomic mass is 19.1. The van der Waals surface area contributed by atoms with Crippen molar-refractivity contribution in [3.63, 3.8) is 0 Å². The van der Waals surface area contributed by atoms with Crippen LogP contribution in [0.25, 0.3) is 0 Å². The number of halogens is 1. The predicted molar refractivity (Wildman–Crippen MR) is 76.2 cm³/mol. The van der Waals surface area contributed by atoms with Crippen molar-refractivity contribution in [2.24, 2.45) is 5.92 Å². The molecule has 1 aromatic rings. The number of methoxy groups -OCH3 is 1. The van der Waals surface area contributed by atoms with Gasteiger partial charge in [-0.25, -0.2) is 4.39 Å². The van der Waals surface area contributed by atoms with Crippen molar-refractivity contribution >= 4 is 0 Å². The summed E-state index contributed by atoms with van der Waals surface area (Å²) in [4.78, 5) is 0. The van der Waals surface area contributed by atoms with E-state index in [1.807, 2.05) is 12.1 Å². The molecule has 0 aliphatic heterocycles. The smallest absolute Gasteiger partial charge is 0.168 e. The van der Waals surface area contributed by atoms with Crippen LogP contribution in [-0.4, -0.2) is 19.7 Å². The standard InChI is InChI=1S/C16H24FNO/c1-11(2)18-10-12-6-4-7-13(12)14-8-5-9-15(19-3)16(14)17/h5,8-9,11-13,18H,4,6-7,10H2,1-3H3. The Morgan fingerprint density at radius 3 is 2.84 bits per heavy atom. The molecule has 0 spiro atoms. The second-order valence-corrected chi connectivity index (χ2v) is 5.72. The first-order chi connectivity index (χ1) is 9.13. The van der Waals surface area contributed by atoms with Crippen LogP contribution in [0, 0.1) is 11.7 Å². The van der Waals surface area contributed by atoms with Crippen molar-refractivity contribution in [1.82, 2.24) is 5.32 Å². The molecule has 0 bridgehead atoms. The van der Waals surface area contributed by atoms with Gasteiger partial charge in [-0.05, 0) is 42.9 Å². The maximum absolute atomic E-state index is 14.4. The molecule has 0 radical (unpaired) electrons. The fourth-order valence-corrected chi connectivity index (χ4v) is 3.05. The number of hydrogen-bond donors (Lipinski definition) is 1. The van der Waals surface area contributed by atoms with E-state index in [2.05, 4.69) is 19.2 Å². The Labute approximate surface area is 115 Å². The number of nitrogens with one attached hydrogen (secondary N) is 1. The van der Waals surface area contributed by atoms with Crippen LogP contribution in [0.3, 0.4) is 0 Å². The second-order valence-electron chi connectivity index (χ2n) is 5.72. The minimum atomic E-state index is -0.175. The van der Waals surface area contributed by atoms with Crippen LogP contribution in [0.15, 0.2) is 18.2 Å². The largest absolute Gasteiger partial charge is 0.494 e. The lowest BCUT2D eigenvalue weighted by molar-refractivity contribution is 0.373. The van der Waals surface area contributed by atoms with E-state index in [0.29, 0.717) is 23.6 Å². The Bertz CT molecular complexity index is 419. The van der Waals surface area contributed by atoms with E-state index in [4.69, 9.17) is 4.74 Å². The van der Waals surface area contributed by atoms with Crippen molar-refractivity contribution in [3.8, 4) is 5.75 Å². The molecule has 3 heteroatoms. The molecule has 1 N–H and O–H groups in total. The fourth-order valence-electron chi connectivity index (χ4n) is 3.05. The molecular formula is C16H24FNO. The summed E-state index contributed by atoms with van der Waals surface area (Å²) in [7, 11) is 1.52. The van der Waals surface area contributed by atoms with Gasteiger partial charge >= 0.3 is 0 Å². The van der Waals surface area contributed by atoms with Gasteiger partial charge in [-0.15, -0.1) is 0 Å². The maximum atomic E-state index is 14.4. The van der Waals surface area contributed by atoms with Gasteiger partial charge in [0.15, 0.2) is 11.6 Å². The highest BCUT2D eigenvalue weighted by molar-refractivity contribution is 5.34. The molecule has 2 atom stereocenters. The summed E-state index contributed by atoms with van der Waals surface area (Å²) >= 11 is 0. The van der Waals surface area contributed by atoms with E-state index in [1.165, 1.54) is 20.0 Å². The van der Waals surface area contributed by atoms with Gasteiger partial charge in [-0.3, -0.25) is 0 Å². The van der Waals surface area contributed by atoms with Crippen molar-refractivity contribution in [2.75, 3.05) is 13.7 Å². The summed E-state index contributed by atoms with van der Waals surface area (Å²) in [6.45, 7) is 5.27. The van der Waals surface area contributed by atoms with E-state index in [1.54, 1.807) is 6.07 Å². The van der Waals surface area contributed by atoms with Gasteiger partial charge in [-0.1, -0.05) is 32.4 Å². The molecule has 2 unspecified atom stereocenters. The average Bonchev–Trinajstić information content (AvgIpc) is 2.85. The van der Waals surface area contributed by atoms with E-state index in [-0.39, 0.29) is 5.82 Å². The van der Waals surface area contributed by atoms with Crippen LogP contribution in [0.1, 0.15) is 44.6 Å². The van der Waals surface area contributed by atoms with Crippen LogP contribution < -0.4 is 10.1 Å². The minimum absolute atomic E-state index is 0.175. The van der Waals surface area contributed by atoms with Gasteiger partial charge in [0.25, 0.3) is 0 Å². The SMILES string of the molecule is COc1cccc(C2CCCC2CNC(C)C)c1F. The first kappa shape index (κ1) is 14.3. The predicted octanol–water partition coefficient (Wildman–Crippen LogP) is 3.72. The summed E-state index contributed by atoms with van der Waals surface area (Å²) in [6, 6.07) is 5.98. The fraction of sp³-hybridized carbons (Fsp3) is 0.625. The van der Waals surface area contributed by atoms with Crippen LogP contribution in [0.4, 0.5) is 4.39 Å². The summed E-state index contributed by atoms with van der Waals surface area (Å²) < 4.78 is 19.4. The first-order valence-electron chi connectivity index (χ1n) is 7.19. The van der Waals surface area contributed by atoms with Gasteiger partial charge in [0.05, 0.1) is 7.11 Å². The third kappa shape index (κ3) is 3.27. The Morgan fingerprint density at radius 2 is 2.16 bits per heavy atom. The molecular weight excluding hydrogens is 241 g/mol. The summed E-state index contributed by atoms with van der Waals surface area (Å²) in [5.74, 6) is 1.04. The highest BCUT2D eigenvalue weighted by Crippen LogP contribution is 2.41. The molecule has 1 saturated carbocycles. The zero-order valence-electron chi connectivity index (χ0n) is 12.1. The van der Waals surface area contributed by atoms with Crippen LogP contribution in [0.5, 0.6) is 5.75 Å². The maximum Gasteiger partial charge on any atom is 0.168 e. The zero-order chi connectivity index (χ0) is 13.8. The van der Waals surface area contributed by atoms with Gasteiger partial charge < -0.3 is 10.1 Å². The molecule has 1 aromatic carbocycles. The van der Waals surface area contributed by atoms with Gasteiger partial charge in [0.1, 0.15) is 0 Å². The van der Waals surface area contributed by atoms with Crippen LogP contribution in [0.2, 0.25) is 0 Å². The molecule has 106 valence electrons. The molecule has 1 aliphatic rings. The van der Waals surface area contributed by atoms with Crippen LogP contribution in [-0.2, 0) is 0 Å². The zero-order valence-corrected chi connectivity index (χ0v) is 12.1. The lowest BCUT2D eigenvalue weighted by Gasteiger charge is -2.22. The molecule has 0 amide bonds. The average molecular weight is 265 g/mol. The lowest BCUT2D eigenvalue weighted by atomic mass is 9.88. The van der Waals surface area contributed by atoms with Crippen molar-refractivity contribution in [3.05, 3.63) is 29.6 Å². The molecule has 1 fully saturated rings. The quantitative estimate of drug-likeness (QED) is 0.876. The summed E-state index contributed by atoms with van der Waals surface area (Å²) in [5.41, 5.74) is 0.826. The molecule has 0 aromatic heterocycles. The van der Waals surface area contributed by atoms with Gasteiger partial charge in [0.2, 0.25) is 0 Å². The molecule has 1 aliphatic carbocycles. The van der Waals surface area contributed by atoms with Crippen molar-refractivity contribution in [1.29, 1.82) is 0 Å². The Kier molecular flexibility index (Phi) is 4.81. The molecule has 0 heterocycles. The Hall–Kier alpha value is -1.09. The summed E-state index contributed by atoms with van der Waals surface area (Å²) in [5, 5.41) is 3.48. The van der Waals surface area contributed by atoms with E-state index < -0.39 is 0 Å². The first-order valence-corrected chi connectivity index (χ1v) is 7.19. The molecule has 2 nitrogen and oxygen atoms in total. The van der Waals surface area contributed by atoms with Crippen molar-refractivity contribution in [2.45, 2.75) is 45.1 Å². The lowest BCUT2D eigenvalue weighted by Crippen LogP contribution is -2.30. The third-order valence-corrected chi connectivity index (χ3v) is 4.06. The number of hydrogen-bond acceptors (Lipinski definition) is 2. The third-order valence-electron chi connectivity index (χ3n) is 4.06. The molecule has 2 rings (SSSR count). The molecule has 19 heavy (non-hydrogen) atoms. The van der Waals surface area contributed by atoms with Crippen molar-refractivity contribution < 1.29 is 9.13 Å². The second kappa shape index (κ2) is 6.38. The summed E-state index contributed by atoms with van der Waals surface area (Å²) in [6.07, 6.45) is 3.45. The highest BCUT2D eigenvalue weighted by Gasteiger charge is 2.31. The topological polar surface area (TPSA) is 21.3 Å². The number of rotatable bonds is 5. The minimum Gasteiger partial charge on any atom is -0.494 e. The Morgan fingerprint density at radius 1 is 1.37 bits per heavy atom. The van der Waals surface area contributed by atoms with Gasteiger partial charge in [-0.2, -0.15) is 0 Å². The van der Waals surface area contributed by atoms with E-state index >= 15 is 0 Å². The van der Waals surface area contributed by atoms with E-state index in [0.717, 1.165) is 18.5 Å².